The average Bonchev–Trinajstić information content (AvgIpc) is 3.02. The Labute approximate surface area is 123 Å². The van der Waals surface area contributed by atoms with Gasteiger partial charge in [0.1, 0.15) is 0 Å². The van der Waals surface area contributed by atoms with E-state index in [1.807, 2.05) is 6.21 Å². The van der Waals surface area contributed by atoms with Crippen molar-refractivity contribution < 1.29 is 0 Å². The molecule has 0 saturated heterocycles. The quantitative estimate of drug-likeness (QED) is 0.717. The van der Waals surface area contributed by atoms with Crippen molar-refractivity contribution in [3.63, 3.8) is 0 Å². The van der Waals surface area contributed by atoms with E-state index >= 15 is 0 Å². The van der Waals surface area contributed by atoms with Gasteiger partial charge in [-0.3, -0.25) is 4.99 Å². The van der Waals surface area contributed by atoms with Gasteiger partial charge in [0.05, 0.1) is 11.7 Å². The van der Waals surface area contributed by atoms with E-state index in [1.165, 1.54) is 27.1 Å². The zero-order chi connectivity index (χ0) is 13.8. The number of benzene rings is 2. The summed E-state index contributed by atoms with van der Waals surface area (Å²) in [5.74, 6) is 0. The summed E-state index contributed by atoms with van der Waals surface area (Å²) >= 11 is 0. The summed E-state index contributed by atoms with van der Waals surface area (Å²) in [6.45, 7) is 1.12. The van der Waals surface area contributed by atoms with Gasteiger partial charge in [-0.05, 0) is 41.7 Å². The van der Waals surface area contributed by atoms with E-state index in [9.17, 15) is 0 Å². The Morgan fingerprint density at radius 3 is 2.95 bits per heavy atom. The molecule has 5 rings (SSSR count). The van der Waals surface area contributed by atoms with E-state index < -0.39 is 0 Å². The highest BCUT2D eigenvalue weighted by molar-refractivity contribution is 5.97. The SMILES string of the molecule is C1=Nc2ccc3c(c2=C1)=CN1CCc2ccccc2C1C3. The summed E-state index contributed by atoms with van der Waals surface area (Å²) in [7, 11) is 0. The minimum Gasteiger partial charge on any atom is -0.369 e. The van der Waals surface area contributed by atoms with Crippen molar-refractivity contribution in [1.29, 1.82) is 0 Å². The first-order chi connectivity index (χ1) is 10.4. The van der Waals surface area contributed by atoms with Crippen molar-refractivity contribution >= 4 is 24.2 Å². The fourth-order valence-corrected chi connectivity index (χ4v) is 3.91. The molecule has 1 atom stereocenters. The van der Waals surface area contributed by atoms with Crippen LogP contribution < -0.4 is 10.4 Å². The zero-order valence-electron chi connectivity index (χ0n) is 11.8. The second-order valence-electron chi connectivity index (χ2n) is 6.05. The van der Waals surface area contributed by atoms with Gasteiger partial charge < -0.3 is 4.90 Å². The number of fused-ring (bicyclic) bond motifs is 6. The lowest BCUT2D eigenvalue weighted by molar-refractivity contribution is 0.282. The molecule has 0 fully saturated rings. The predicted octanol–water partition coefficient (Wildman–Crippen LogP) is 2.08. The third-order valence-electron chi connectivity index (χ3n) is 4.97. The van der Waals surface area contributed by atoms with Crippen LogP contribution in [0.5, 0.6) is 0 Å². The van der Waals surface area contributed by atoms with Crippen molar-refractivity contribution in [3.8, 4) is 0 Å². The van der Waals surface area contributed by atoms with Crippen LogP contribution in [0.1, 0.15) is 22.7 Å². The van der Waals surface area contributed by atoms with Gasteiger partial charge in [-0.25, -0.2) is 0 Å². The van der Waals surface area contributed by atoms with Gasteiger partial charge in [-0.2, -0.15) is 0 Å². The van der Waals surface area contributed by atoms with Crippen LogP contribution >= 0.6 is 0 Å². The molecule has 0 aliphatic carbocycles. The van der Waals surface area contributed by atoms with Crippen LogP contribution in [-0.2, 0) is 12.8 Å². The highest BCUT2D eigenvalue weighted by Crippen LogP contribution is 2.33. The first-order valence-electron chi connectivity index (χ1n) is 7.62. The predicted molar refractivity (Wildman–Crippen MR) is 86.1 cm³/mol. The zero-order valence-corrected chi connectivity index (χ0v) is 11.8. The molecule has 0 amide bonds. The van der Waals surface area contributed by atoms with Crippen LogP contribution in [0, 0.1) is 0 Å². The van der Waals surface area contributed by atoms with Crippen molar-refractivity contribution in [1.82, 2.24) is 4.90 Å². The monoisotopic (exact) mass is 272 g/mol. The Balaban J connectivity index is 1.71. The second kappa shape index (κ2) is 4.08. The third kappa shape index (κ3) is 1.56. The highest BCUT2D eigenvalue weighted by atomic mass is 15.1. The molecule has 2 heteroatoms. The van der Waals surface area contributed by atoms with Gasteiger partial charge in [-0.15, -0.1) is 0 Å². The van der Waals surface area contributed by atoms with Crippen LogP contribution in [0.25, 0.3) is 12.3 Å². The molecule has 0 saturated carbocycles. The van der Waals surface area contributed by atoms with Crippen LogP contribution in [-0.4, -0.2) is 17.7 Å². The normalized spacial score (nSPS) is 20.8. The molecule has 0 radical (unpaired) electrons. The number of hydrogen-bond donors (Lipinski definition) is 0. The molecule has 0 aromatic heterocycles. The van der Waals surface area contributed by atoms with Gasteiger partial charge in [-0.1, -0.05) is 30.3 Å². The maximum absolute atomic E-state index is 4.43. The van der Waals surface area contributed by atoms with Crippen molar-refractivity contribution in [2.24, 2.45) is 4.99 Å². The molecule has 0 N–H and O–H groups in total. The van der Waals surface area contributed by atoms with Crippen molar-refractivity contribution in [2.45, 2.75) is 18.9 Å². The molecule has 0 spiro atoms. The number of aliphatic imine (C=N–C) groups is 1. The van der Waals surface area contributed by atoms with Crippen LogP contribution in [0.2, 0.25) is 0 Å². The van der Waals surface area contributed by atoms with Gasteiger partial charge in [0.15, 0.2) is 0 Å². The molecule has 3 aliphatic heterocycles. The molecular formula is C19H16N2. The van der Waals surface area contributed by atoms with Gasteiger partial charge >= 0.3 is 0 Å². The van der Waals surface area contributed by atoms with Crippen molar-refractivity contribution in [2.75, 3.05) is 6.54 Å². The Morgan fingerprint density at radius 1 is 1.00 bits per heavy atom. The maximum atomic E-state index is 4.43. The molecular weight excluding hydrogens is 256 g/mol. The fourth-order valence-electron chi connectivity index (χ4n) is 3.91. The molecule has 102 valence electrons. The maximum Gasteiger partial charge on any atom is 0.0709 e. The lowest BCUT2D eigenvalue weighted by Gasteiger charge is -2.39. The summed E-state index contributed by atoms with van der Waals surface area (Å²) in [4.78, 5) is 6.95. The summed E-state index contributed by atoms with van der Waals surface area (Å²) in [5, 5.41) is 2.67. The first kappa shape index (κ1) is 11.3. The Bertz CT molecular complexity index is 892. The molecule has 21 heavy (non-hydrogen) atoms. The lowest BCUT2D eigenvalue weighted by Crippen LogP contribution is -2.42. The van der Waals surface area contributed by atoms with E-state index in [4.69, 9.17) is 0 Å². The van der Waals surface area contributed by atoms with Gasteiger partial charge in [0, 0.05) is 29.4 Å². The molecule has 3 heterocycles. The Hall–Kier alpha value is -2.35. The molecule has 3 aliphatic rings. The van der Waals surface area contributed by atoms with E-state index in [2.05, 4.69) is 58.6 Å². The van der Waals surface area contributed by atoms with E-state index in [0.717, 1.165) is 25.1 Å². The van der Waals surface area contributed by atoms with Crippen LogP contribution in [0.3, 0.4) is 0 Å². The Kier molecular flexibility index (Phi) is 2.20. The second-order valence-corrected chi connectivity index (χ2v) is 6.05. The highest BCUT2D eigenvalue weighted by Gasteiger charge is 2.28. The Morgan fingerprint density at radius 2 is 1.95 bits per heavy atom. The summed E-state index contributed by atoms with van der Waals surface area (Å²) in [5.41, 5.74) is 5.59. The van der Waals surface area contributed by atoms with Crippen LogP contribution in [0.15, 0.2) is 41.4 Å². The summed E-state index contributed by atoms with van der Waals surface area (Å²) < 4.78 is 0. The molecule has 1 unspecified atom stereocenters. The molecule has 0 bridgehead atoms. The largest absolute Gasteiger partial charge is 0.369 e. The summed E-state index contributed by atoms with van der Waals surface area (Å²) in [6, 6.07) is 13.8. The van der Waals surface area contributed by atoms with E-state index in [1.54, 1.807) is 0 Å². The number of nitrogens with zero attached hydrogens (tertiary/aromatic N) is 2. The first-order valence-corrected chi connectivity index (χ1v) is 7.62. The van der Waals surface area contributed by atoms with Gasteiger partial charge in [0.2, 0.25) is 0 Å². The minimum absolute atomic E-state index is 0.503. The topological polar surface area (TPSA) is 15.6 Å². The fraction of sp³-hybridized carbons (Fsp3) is 0.211. The third-order valence-corrected chi connectivity index (χ3v) is 4.97. The minimum atomic E-state index is 0.503. The van der Waals surface area contributed by atoms with Crippen LogP contribution in [0.4, 0.5) is 5.69 Å². The van der Waals surface area contributed by atoms with E-state index in [-0.39, 0.29) is 0 Å². The number of hydrogen-bond acceptors (Lipinski definition) is 2. The molecule has 2 aromatic carbocycles. The average molecular weight is 272 g/mol. The van der Waals surface area contributed by atoms with E-state index in [0.29, 0.717) is 6.04 Å². The lowest BCUT2D eigenvalue weighted by atomic mass is 9.86. The number of rotatable bonds is 0. The summed E-state index contributed by atoms with van der Waals surface area (Å²) in [6.07, 6.45) is 8.67. The molecule has 2 nitrogen and oxygen atoms in total. The van der Waals surface area contributed by atoms with Gasteiger partial charge in [0.25, 0.3) is 0 Å². The smallest absolute Gasteiger partial charge is 0.0709 e. The van der Waals surface area contributed by atoms with Crippen molar-refractivity contribution in [3.05, 3.63) is 63.5 Å². The molecule has 2 aromatic rings. The standard InChI is InChI=1S/C19H16N2/c1-2-4-15-13(3-1)8-10-21-12-17-14(11-19(15)21)5-6-18-16(17)7-9-20-18/h1-7,9,12,19H,8,10-11H2.